The lowest BCUT2D eigenvalue weighted by Gasteiger charge is -2.40. The van der Waals surface area contributed by atoms with Crippen LogP contribution in [0.2, 0.25) is 0 Å². The summed E-state index contributed by atoms with van der Waals surface area (Å²) in [5, 5.41) is 0. The summed E-state index contributed by atoms with van der Waals surface area (Å²) >= 11 is 0. The first kappa shape index (κ1) is 34.8. The molecule has 2 aromatic carbocycles. The second-order valence-corrected chi connectivity index (χ2v) is 14.0. The average Bonchev–Trinajstić information content (AvgIpc) is 2.98. The van der Waals surface area contributed by atoms with Gasteiger partial charge in [-0.05, 0) is 122 Å². The normalized spacial score (nSPS) is 16.6. The van der Waals surface area contributed by atoms with Gasteiger partial charge in [-0.2, -0.15) is 0 Å². The fourth-order valence-corrected chi connectivity index (χ4v) is 7.16. The highest BCUT2D eigenvalue weighted by Gasteiger charge is 2.37. The van der Waals surface area contributed by atoms with Gasteiger partial charge < -0.3 is 11.5 Å². The molecule has 4 N–H and O–H groups in total. The second-order valence-electron chi connectivity index (χ2n) is 14.0. The Bertz CT molecular complexity index is 1250. The third-order valence-corrected chi connectivity index (χ3v) is 11.1. The summed E-state index contributed by atoms with van der Waals surface area (Å²) < 4.78 is 13.7. The zero-order chi connectivity index (χ0) is 31.8. The van der Waals surface area contributed by atoms with Crippen molar-refractivity contribution in [3.63, 3.8) is 0 Å². The lowest BCUT2D eigenvalue weighted by atomic mass is 9.69. The molecule has 2 aromatic rings. The molecule has 0 aliphatic heterocycles. The first-order valence-corrected chi connectivity index (χ1v) is 16.8. The Balaban J connectivity index is 1.75. The van der Waals surface area contributed by atoms with Crippen LogP contribution in [0.15, 0.2) is 67.4 Å². The molecule has 3 heteroatoms. The van der Waals surface area contributed by atoms with Gasteiger partial charge in [-0.25, -0.2) is 4.39 Å². The van der Waals surface area contributed by atoms with Crippen LogP contribution in [-0.2, 0) is 12.0 Å². The van der Waals surface area contributed by atoms with Crippen molar-refractivity contribution >= 4 is 6.08 Å². The van der Waals surface area contributed by atoms with Crippen molar-refractivity contribution in [3.8, 4) is 11.1 Å². The van der Waals surface area contributed by atoms with Crippen molar-refractivity contribution in [2.75, 3.05) is 0 Å². The van der Waals surface area contributed by atoms with Crippen LogP contribution in [0.5, 0.6) is 0 Å². The van der Waals surface area contributed by atoms with Gasteiger partial charge in [0.1, 0.15) is 5.82 Å². The monoisotopic (exact) mass is 586 g/mol. The second kappa shape index (κ2) is 14.9. The molecule has 0 bridgehead atoms. The minimum absolute atomic E-state index is 0.00540. The van der Waals surface area contributed by atoms with Crippen LogP contribution in [-0.4, -0.2) is 0 Å². The number of benzene rings is 2. The maximum absolute atomic E-state index is 13.7. The molecule has 1 saturated carbocycles. The highest BCUT2D eigenvalue weighted by molar-refractivity contribution is 5.74. The van der Waals surface area contributed by atoms with Crippen LogP contribution >= 0.6 is 0 Å². The Hall–Kier alpha value is -2.65. The van der Waals surface area contributed by atoms with Gasteiger partial charge in [-0.1, -0.05) is 103 Å². The van der Waals surface area contributed by atoms with E-state index in [1.54, 1.807) is 0 Å². The number of nitrogens with two attached hydrogens (primary N) is 2. The fourth-order valence-electron chi connectivity index (χ4n) is 7.16. The van der Waals surface area contributed by atoms with Crippen molar-refractivity contribution in [2.24, 2.45) is 28.2 Å². The summed E-state index contributed by atoms with van der Waals surface area (Å²) in [6.07, 6.45) is 16.1. The van der Waals surface area contributed by atoms with E-state index in [2.05, 4.69) is 66.5 Å². The zero-order valence-corrected chi connectivity index (χ0v) is 28.0. The van der Waals surface area contributed by atoms with Gasteiger partial charge >= 0.3 is 0 Å². The van der Waals surface area contributed by atoms with Crippen LogP contribution < -0.4 is 11.5 Å². The third kappa shape index (κ3) is 8.29. The molecule has 0 heterocycles. The Kier molecular flexibility index (Phi) is 12.1. The molecule has 0 saturated heterocycles. The van der Waals surface area contributed by atoms with E-state index in [4.69, 9.17) is 11.5 Å². The van der Waals surface area contributed by atoms with E-state index in [1.807, 2.05) is 18.2 Å². The summed E-state index contributed by atoms with van der Waals surface area (Å²) in [6.45, 7) is 24.4. The standard InChI is InChI=1S/C40H59FN2/c1-9-21-38(8,31(7)42)25-20-29(5)30(6)28-39(11-3,12-4)22-13-15-34-27-37(40(43)23-14-24-40)36(26-32(34)10-2)33-16-18-35(41)19-17-33/h10,16-19,26-27,29H,2,6-7,9,11-15,20-25,28,42-43H2,1,3-5,8H3. The number of hydrogen-bond donors (Lipinski definition) is 2. The molecular formula is C40H59FN2. The van der Waals surface area contributed by atoms with E-state index >= 15 is 0 Å². The van der Waals surface area contributed by atoms with Gasteiger partial charge in [0.15, 0.2) is 0 Å². The summed E-state index contributed by atoms with van der Waals surface area (Å²) in [5.74, 6) is 0.242. The van der Waals surface area contributed by atoms with Gasteiger partial charge in [0, 0.05) is 16.7 Å². The van der Waals surface area contributed by atoms with Crippen LogP contribution in [0.4, 0.5) is 4.39 Å². The maximum atomic E-state index is 13.7. The van der Waals surface area contributed by atoms with Crippen molar-refractivity contribution in [1.82, 2.24) is 0 Å². The van der Waals surface area contributed by atoms with E-state index in [0.29, 0.717) is 5.92 Å². The largest absolute Gasteiger partial charge is 0.402 e. The third-order valence-electron chi connectivity index (χ3n) is 11.1. The SMILES string of the molecule is C=Cc1cc(-c2ccc(F)cc2)c(C2(N)CCC2)cc1CCCC(CC)(CC)CC(=C)C(C)CCC(C)(CCC)C(=C)N. The summed E-state index contributed by atoms with van der Waals surface area (Å²) in [4.78, 5) is 0. The summed E-state index contributed by atoms with van der Waals surface area (Å²) in [6, 6.07) is 11.4. The first-order chi connectivity index (χ1) is 20.4. The Morgan fingerprint density at radius 1 is 1.05 bits per heavy atom. The summed E-state index contributed by atoms with van der Waals surface area (Å²) in [5.41, 5.74) is 21.1. The molecular weight excluding hydrogens is 527 g/mol. The number of aryl methyl sites for hydroxylation is 1. The van der Waals surface area contributed by atoms with Gasteiger partial charge in [0.2, 0.25) is 0 Å². The molecule has 0 radical (unpaired) electrons. The minimum Gasteiger partial charge on any atom is -0.402 e. The molecule has 0 amide bonds. The molecule has 1 aliphatic carbocycles. The van der Waals surface area contributed by atoms with E-state index in [-0.39, 0.29) is 22.2 Å². The lowest BCUT2D eigenvalue weighted by molar-refractivity contribution is 0.220. The molecule has 2 unspecified atom stereocenters. The maximum Gasteiger partial charge on any atom is 0.123 e. The molecule has 3 rings (SSSR count). The highest BCUT2D eigenvalue weighted by Crippen LogP contribution is 2.46. The van der Waals surface area contributed by atoms with Crippen molar-refractivity contribution in [3.05, 3.63) is 89.9 Å². The Morgan fingerprint density at radius 3 is 2.21 bits per heavy atom. The van der Waals surface area contributed by atoms with Crippen molar-refractivity contribution in [2.45, 2.75) is 124 Å². The lowest BCUT2D eigenvalue weighted by Crippen LogP contribution is -2.43. The predicted octanol–water partition coefficient (Wildman–Crippen LogP) is 11.2. The quantitative estimate of drug-likeness (QED) is 0.171. The van der Waals surface area contributed by atoms with E-state index in [9.17, 15) is 4.39 Å². The minimum atomic E-state index is -0.313. The zero-order valence-electron chi connectivity index (χ0n) is 28.0. The highest BCUT2D eigenvalue weighted by atomic mass is 19.1. The van der Waals surface area contributed by atoms with Crippen molar-refractivity contribution < 1.29 is 4.39 Å². The topological polar surface area (TPSA) is 52.0 Å². The number of allylic oxidation sites excluding steroid dienone is 2. The Morgan fingerprint density at radius 2 is 1.70 bits per heavy atom. The molecule has 1 aliphatic rings. The number of hydrogen-bond acceptors (Lipinski definition) is 2. The predicted molar refractivity (Wildman–Crippen MR) is 186 cm³/mol. The van der Waals surface area contributed by atoms with Gasteiger partial charge in [-0.3, -0.25) is 0 Å². The van der Waals surface area contributed by atoms with Crippen molar-refractivity contribution in [1.29, 1.82) is 0 Å². The van der Waals surface area contributed by atoms with Gasteiger partial charge in [0.05, 0.1) is 0 Å². The van der Waals surface area contributed by atoms with Crippen LogP contribution in [0, 0.1) is 22.6 Å². The molecule has 43 heavy (non-hydrogen) atoms. The van der Waals surface area contributed by atoms with Crippen LogP contribution in [0.25, 0.3) is 17.2 Å². The van der Waals surface area contributed by atoms with Crippen LogP contribution in [0.3, 0.4) is 0 Å². The van der Waals surface area contributed by atoms with Gasteiger partial charge in [0.25, 0.3) is 0 Å². The first-order valence-electron chi connectivity index (χ1n) is 16.8. The van der Waals surface area contributed by atoms with E-state index in [1.165, 1.54) is 28.8 Å². The van der Waals surface area contributed by atoms with E-state index in [0.717, 1.165) is 106 Å². The smallest absolute Gasteiger partial charge is 0.123 e. The Labute approximate surface area is 262 Å². The molecule has 2 atom stereocenters. The number of halogens is 1. The van der Waals surface area contributed by atoms with Gasteiger partial charge in [-0.15, -0.1) is 0 Å². The molecule has 236 valence electrons. The number of rotatable bonds is 18. The molecule has 1 fully saturated rings. The fraction of sp³-hybridized carbons (Fsp3) is 0.550. The molecule has 0 aromatic heterocycles. The molecule has 0 spiro atoms. The average molecular weight is 587 g/mol. The summed E-state index contributed by atoms with van der Waals surface area (Å²) in [7, 11) is 0. The van der Waals surface area contributed by atoms with Crippen LogP contribution in [0.1, 0.15) is 128 Å². The van der Waals surface area contributed by atoms with E-state index < -0.39 is 0 Å². The molecule has 2 nitrogen and oxygen atoms in total.